The minimum absolute atomic E-state index is 0.0175. The Morgan fingerprint density at radius 1 is 0.938 bits per heavy atom. The average molecular weight is 470 g/mol. The number of nitrogens with zero attached hydrogens (tertiary/aromatic N) is 1. The molecule has 0 radical (unpaired) electrons. The van der Waals surface area contributed by atoms with Crippen LogP contribution in [0.1, 0.15) is 31.1 Å². The largest absolute Gasteiger partial charge is 0.321 e. The minimum atomic E-state index is -3.89. The Labute approximate surface area is 188 Å². The van der Waals surface area contributed by atoms with E-state index in [2.05, 4.69) is 10.0 Å². The molecule has 0 atom stereocenters. The fraction of sp³-hybridized carbons (Fsp3) is 0.0455. The van der Waals surface area contributed by atoms with E-state index in [4.69, 9.17) is 11.6 Å². The van der Waals surface area contributed by atoms with Gasteiger partial charge >= 0.3 is 0 Å². The predicted octanol–water partition coefficient (Wildman–Crippen LogP) is 3.62. The number of imide groups is 1. The molecule has 10 heteroatoms. The van der Waals surface area contributed by atoms with E-state index in [-0.39, 0.29) is 33.0 Å². The lowest BCUT2D eigenvalue weighted by atomic mass is 10.1. The van der Waals surface area contributed by atoms with Crippen molar-refractivity contribution in [1.82, 2.24) is 4.90 Å². The molecular weight excluding hydrogens is 454 g/mol. The van der Waals surface area contributed by atoms with Gasteiger partial charge in [0.1, 0.15) is 0 Å². The van der Waals surface area contributed by atoms with E-state index >= 15 is 0 Å². The number of halogens is 1. The molecule has 8 nitrogen and oxygen atoms in total. The lowest BCUT2D eigenvalue weighted by Gasteiger charge is -2.11. The van der Waals surface area contributed by atoms with Crippen molar-refractivity contribution in [3.05, 3.63) is 88.4 Å². The summed E-state index contributed by atoms with van der Waals surface area (Å²) in [5.74, 6) is -1.52. The first-order valence-electron chi connectivity index (χ1n) is 9.32. The Bertz CT molecular complexity index is 1370. The molecule has 4 rings (SSSR count). The maximum Gasteiger partial charge on any atom is 0.263 e. The summed E-state index contributed by atoms with van der Waals surface area (Å²) in [5.41, 5.74) is 0.857. The highest BCUT2D eigenvalue weighted by molar-refractivity contribution is 7.92. The van der Waals surface area contributed by atoms with Gasteiger partial charge in [-0.1, -0.05) is 23.7 Å². The van der Waals surface area contributed by atoms with Gasteiger partial charge in [0.05, 0.1) is 21.7 Å². The van der Waals surface area contributed by atoms with Gasteiger partial charge in [0, 0.05) is 23.3 Å². The molecule has 0 fully saturated rings. The molecule has 162 valence electrons. The zero-order valence-electron chi connectivity index (χ0n) is 16.6. The van der Waals surface area contributed by atoms with Crippen LogP contribution in [0.15, 0.2) is 71.6 Å². The van der Waals surface area contributed by atoms with Crippen LogP contribution in [0.5, 0.6) is 0 Å². The van der Waals surface area contributed by atoms with Gasteiger partial charge in [0.2, 0.25) is 0 Å². The monoisotopic (exact) mass is 469 g/mol. The maximum atomic E-state index is 12.8. The normalized spacial score (nSPS) is 13.1. The van der Waals surface area contributed by atoms with Crippen molar-refractivity contribution in [3.63, 3.8) is 0 Å². The maximum absolute atomic E-state index is 12.8. The van der Waals surface area contributed by atoms with E-state index in [1.165, 1.54) is 67.7 Å². The van der Waals surface area contributed by atoms with Crippen molar-refractivity contribution in [2.45, 2.75) is 4.90 Å². The van der Waals surface area contributed by atoms with Crippen LogP contribution < -0.4 is 10.0 Å². The number of amides is 3. The van der Waals surface area contributed by atoms with Gasteiger partial charge in [0.15, 0.2) is 0 Å². The lowest BCUT2D eigenvalue weighted by molar-refractivity contribution is 0.0693. The molecule has 3 amide bonds. The third kappa shape index (κ3) is 3.95. The SMILES string of the molecule is CN1C(=O)c2cccc(NC(=O)c3cccc(NS(=O)(=O)c4ccc(Cl)cc4)c3)c2C1=O. The van der Waals surface area contributed by atoms with Gasteiger partial charge in [-0.2, -0.15) is 0 Å². The Kier molecular flexibility index (Phi) is 5.45. The van der Waals surface area contributed by atoms with Gasteiger partial charge in [-0.05, 0) is 54.6 Å². The second-order valence-electron chi connectivity index (χ2n) is 6.99. The molecule has 0 unspecified atom stereocenters. The number of rotatable bonds is 5. The number of nitrogens with one attached hydrogen (secondary N) is 2. The smallest absolute Gasteiger partial charge is 0.263 e. The number of hydrogen-bond donors (Lipinski definition) is 2. The molecular formula is C22H16ClN3O5S. The quantitative estimate of drug-likeness (QED) is 0.554. The van der Waals surface area contributed by atoms with Gasteiger partial charge < -0.3 is 5.32 Å². The number of carbonyl (C=O) groups excluding carboxylic acids is 3. The van der Waals surface area contributed by atoms with Gasteiger partial charge in [0.25, 0.3) is 27.7 Å². The third-order valence-corrected chi connectivity index (χ3v) is 6.52. The number of hydrogen-bond acceptors (Lipinski definition) is 5. The Morgan fingerprint density at radius 3 is 2.34 bits per heavy atom. The molecule has 1 heterocycles. The van der Waals surface area contributed by atoms with Gasteiger partial charge in [-0.15, -0.1) is 0 Å². The summed E-state index contributed by atoms with van der Waals surface area (Å²) < 4.78 is 27.6. The highest BCUT2D eigenvalue weighted by Gasteiger charge is 2.35. The van der Waals surface area contributed by atoms with E-state index in [0.717, 1.165) is 4.90 Å². The molecule has 0 bridgehead atoms. The molecule has 0 saturated carbocycles. The summed E-state index contributed by atoms with van der Waals surface area (Å²) in [6, 6.07) is 16.1. The number of anilines is 2. The van der Waals surface area contributed by atoms with E-state index in [1.54, 1.807) is 6.07 Å². The Morgan fingerprint density at radius 2 is 1.62 bits per heavy atom. The summed E-state index contributed by atoms with van der Waals surface area (Å²) >= 11 is 5.80. The summed E-state index contributed by atoms with van der Waals surface area (Å²) in [7, 11) is -2.52. The van der Waals surface area contributed by atoms with E-state index in [9.17, 15) is 22.8 Å². The Balaban J connectivity index is 1.57. The number of fused-ring (bicyclic) bond motifs is 1. The molecule has 1 aliphatic rings. The van der Waals surface area contributed by atoms with Crippen LogP contribution in [0.25, 0.3) is 0 Å². The van der Waals surface area contributed by atoms with Gasteiger partial charge in [-0.3, -0.25) is 24.0 Å². The van der Waals surface area contributed by atoms with Crippen LogP contribution >= 0.6 is 11.6 Å². The van der Waals surface area contributed by atoms with Crippen molar-refractivity contribution in [3.8, 4) is 0 Å². The van der Waals surface area contributed by atoms with E-state index < -0.39 is 27.7 Å². The fourth-order valence-electron chi connectivity index (χ4n) is 3.25. The number of carbonyl (C=O) groups is 3. The molecule has 3 aromatic carbocycles. The van der Waals surface area contributed by atoms with Crippen LogP contribution in [-0.2, 0) is 10.0 Å². The second-order valence-corrected chi connectivity index (χ2v) is 9.11. The molecule has 0 spiro atoms. The fourth-order valence-corrected chi connectivity index (χ4v) is 4.43. The predicted molar refractivity (Wildman–Crippen MR) is 120 cm³/mol. The topological polar surface area (TPSA) is 113 Å². The molecule has 32 heavy (non-hydrogen) atoms. The van der Waals surface area contributed by atoms with E-state index in [0.29, 0.717) is 5.02 Å². The molecule has 1 aliphatic heterocycles. The van der Waals surface area contributed by atoms with Crippen molar-refractivity contribution in [1.29, 1.82) is 0 Å². The first-order valence-corrected chi connectivity index (χ1v) is 11.2. The van der Waals surface area contributed by atoms with E-state index in [1.807, 2.05) is 0 Å². The molecule has 0 saturated heterocycles. The van der Waals surface area contributed by atoms with Crippen LogP contribution in [-0.4, -0.2) is 38.1 Å². The summed E-state index contributed by atoms with van der Waals surface area (Å²) in [6.07, 6.45) is 0. The van der Waals surface area contributed by atoms with Crippen LogP contribution in [0.2, 0.25) is 5.02 Å². The average Bonchev–Trinajstić information content (AvgIpc) is 2.99. The van der Waals surface area contributed by atoms with Crippen LogP contribution in [0.4, 0.5) is 11.4 Å². The third-order valence-electron chi connectivity index (χ3n) is 4.87. The van der Waals surface area contributed by atoms with Crippen molar-refractivity contribution < 1.29 is 22.8 Å². The number of sulfonamides is 1. The molecule has 2 N–H and O–H groups in total. The van der Waals surface area contributed by atoms with Crippen LogP contribution in [0, 0.1) is 0 Å². The van der Waals surface area contributed by atoms with Crippen molar-refractivity contribution in [2.24, 2.45) is 0 Å². The lowest BCUT2D eigenvalue weighted by Crippen LogP contribution is -2.24. The standard InChI is InChI=1S/C22H16ClN3O5S/c1-26-21(28)17-6-3-7-18(19(17)22(26)29)24-20(27)13-4-2-5-15(12-13)25-32(30,31)16-10-8-14(23)9-11-16/h2-12,25H,1H3,(H,24,27). The van der Waals surface area contributed by atoms with Crippen LogP contribution in [0.3, 0.4) is 0 Å². The summed E-state index contributed by atoms with van der Waals surface area (Å²) in [4.78, 5) is 38.3. The van der Waals surface area contributed by atoms with Gasteiger partial charge in [-0.25, -0.2) is 8.42 Å². The Hall–Kier alpha value is -3.69. The first-order chi connectivity index (χ1) is 15.2. The highest BCUT2D eigenvalue weighted by atomic mass is 35.5. The molecule has 0 aliphatic carbocycles. The first kappa shape index (κ1) is 21.5. The molecule has 0 aromatic heterocycles. The molecule has 3 aromatic rings. The summed E-state index contributed by atoms with van der Waals surface area (Å²) in [6.45, 7) is 0. The zero-order chi connectivity index (χ0) is 23.0. The second kappa shape index (κ2) is 8.10. The number of benzene rings is 3. The summed E-state index contributed by atoms with van der Waals surface area (Å²) in [5, 5.41) is 3.03. The zero-order valence-corrected chi connectivity index (χ0v) is 18.2. The van der Waals surface area contributed by atoms with Crippen molar-refractivity contribution in [2.75, 3.05) is 17.1 Å². The highest BCUT2D eigenvalue weighted by Crippen LogP contribution is 2.29. The van der Waals surface area contributed by atoms with Crippen molar-refractivity contribution >= 4 is 50.7 Å². The minimum Gasteiger partial charge on any atom is -0.321 e.